The van der Waals surface area contributed by atoms with E-state index < -0.39 is 4.92 Å². The Bertz CT molecular complexity index is 606. The lowest BCUT2D eigenvalue weighted by Crippen LogP contribution is -2.49. The predicted octanol–water partition coefficient (Wildman–Crippen LogP) is 0.950. The molecule has 2 aliphatic heterocycles. The second-order valence-electron chi connectivity index (χ2n) is 5.74. The second-order valence-corrected chi connectivity index (χ2v) is 5.74. The van der Waals surface area contributed by atoms with Crippen LogP contribution in [0.2, 0.25) is 0 Å². The van der Waals surface area contributed by atoms with E-state index in [0.717, 1.165) is 51.4 Å². The Morgan fingerprint density at radius 1 is 1.32 bits per heavy atom. The number of hydrogen-bond donors (Lipinski definition) is 1. The van der Waals surface area contributed by atoms with E-state index in [0.29, 0.717) is 6.04 Å². The average Bonchev–Trinajstić information content (AvgIpc) is 3.05. The van der Waals surface area contributed by atoms with Crippen molar-refractivity contribution in [3.8, 4) is 6.07 Å². The molecule has 0 radical (unpaired) electrons. The largest absolute Gasteiger partial charge is 0.370 e. The third kappa shape index (κ3) is 2.89. The first-order chi connectivity index (χ1) is 10.7. The number of nitro benzene ring substituents is 1. The van der Waals surface area contributed by atoms with E-state index in [9.17, 15) is 10.1 Å². The minimum absolute atomic E-state index is 0.106. The third-order valence-electron chi connectivity index (χ3n) is 4.49. The van der Waals surface area contributed by atoms with Gasteiger partial charge in [0.05, 0.1) is 4.92 Å². The first kappa shape index (κ1) is 14.8. The fraction of sp³-hybridized carbons (Fsp3) is 0.533. The highest BCUT2D eigenvalue weighted by atomic mass is 16.6. The summed E-state index contributed by atoms with van der Waals surface area (Å²) in [5.41, 5.74) is 0.848. The molecule has 3 rings (SSSR count). The summed E-state index contributed by atoms with van der Waals surface area (Å²) in [5.74, 6) is 0. The van der Waals surface area contributed by atoms with Gasteiger partial charge in [-0.05, 0) is 18.6 Å². The van der Waals surface area contributed by atoms with Crippen molar-refractivity contribution >= 4 is 11.4 Å². The van der Waals surface area contributed by atoms with Crippen molar-refractivity contribution in [1.29, 1.82) is 5.26 Å². The Kier molecular flexibility index (Phi) is 4.22. The molecule has 2 heterocycles. The molecule has 2 fully saturated rings. The van der Waals surface area contributed by atoms with Crippen LogP contribution in [0.5, 0.6) is 0 Å². The van der Waals surface area contributed by atoms with Crippen molar-refractivity contribution in [2.75, 3.05) is 44.2 Å². The van der Waals surface area contributed by atoms with E-state index in [4.69, 9.17) is 5.26 Å². The highest BCUT2D eigenvalue weighted by Gasteiger charge is 2.29. The highest BCUT2D eigenvalue weighted by molar-refractivity contribution is 5.60. The molecule has 7 heteroatoms. The molecule has 22 heavy (non-hydrogen) atoms. The van der Waals surface area contributed by atoms with Crippen LogP contribution >= 0.6 is 0 Å². The lowest BCUT2D eigenvalue weighted by molar-refractivity contribution is -0.385. The lowest BCUT2D eigenvalue weighted by atomic mass is 10.1. The molecule has 0 amide bonds. The van der Waals surface area contributed by atoms with Crippen LogP contribution in [0.4, 0.5) is 11.4 Å². The van der Waals surface area contributed by atoms with E-state index in [2.05, 4.69) is 15.1 Å². The summed E-state index contributed by atoms with van der Waals surface area (Å²) in [4.78, 5) is 15.3. The van der Waals surface area contributed by atoms with Crippen LogP contribution in [0.15, 0.2) is 18.2 Å². The van der Waals surface area contributed by atoms with Crippen molar-refractivity contribution in [2.24, 2.45) is 0 Å². The lowest BCUT2D eigenvalue weighted by Gasteiger charge is -2.32. The number of benzene rings is 1. The van der Waals surface area contributed by atoms with Gasteiger partial charge in [-0.25, -0.2) is 0 Å². The summed E-state index contributed by atoms with van der Waals surface area (Å²) in [5, 5.41) is 23.4. The Morgan fingerprint density at radius 3 is 2.77 bits per heavy atom. The molecule has 0 spiro atoms. The number of nitriles is 1. The van der Waals surface area contributed by atoms with Gasteiger partial charge in [-0.15, -0.1) is 0 Å². The minimum atomic E-state index is -0.480. The number of anilines is 1. The first-order valence-electron chi connectivity index (χ1n) is 7.57. The maximum absolute atomic E-state index is 11.1. The molecule has 0 saturated carbocycles. The first-order valence-corrected chi connectivity index (χ1v) is 7.57. The normalized spacial score (nSPS) is 22.5. The Morgan fingerprint density at radius 2 is 2.09 bits per heavy atom. The monoisotopic (exact) mass is 301 g/mol. The van der Waals surface area contributed by atoms with Crippen LogP contribution in [0.3, 0.4) is 0 Å². The van der Waals surface area contributed by atoms with Gasteiger partial charge in [-0.2, -0.15) is 5.26 Å². The van der Waals surface area contributed by atoms with E-state index >= 15 is 0 Å². The van der Waals surface area contributed by atoms with Gasteiger partial charge in [-0.1, -0.05) is 0 Å². The fourth-order valence-corrected chi connectivity index (χ4v) is 3.28. The Hall–Kier alpha value is -2.17. The van der Waals surface area contributed by atoms with Crippen LogP contribution < -0.4 is 10.2 Å². The van der Waals surface area contributed by atoms with E-state index in [1.165, 1.54) is 6.07 Å². The zero-order valence-electron chi connectivity index (χ0n) is 12.4. The zero-order chi connectivity index (χ0) is 15.5. The molecule has 0 aromatic heterocycles. The molecule has 7 nitrogen and oxygen atoms in total. The van der Waals surface area contributed by atoms with Gasteiger partial charge in [0.2, 0.25) is 0 Å². The summed E-state index contributed by atoms with van der Waals surface area (Å²) < 4.78 is 0. The number of hydrogen-bond acceptors (Lipinski definition) is 6. The van der Waals surface area contributed by atoms with Crippen molar-refractivity contribution < 1.29 is 4.92 Å². The molecule has 1 unspecified atom stereocenters. The molecule has 1 N–H and O–H groups in total. The van der Waals surface area contributed by atoms with Crippen molar-refractivity contribution in [3.63, 3.8) is 0 Å². The molecule has 0 aliphatic carbocycles. The number of nitrogens with zero attached hydrogens (tertiary/aromatic N) is 4. The Balaban J connectivity index is 1.74. The van der Waals surface area contributed by atoms with Crippen molar-refractivity contribution in [1.82, 2.24) is 10.2 Å². The van der Waals surface area contributed by atoms with E-state index in [1.807, 2.05) is 12.1 Å². The fourth-order valence-electron chi connectivity index (χ4n) is 3.28. The van der Waals surface area contributed by atoms with Gasteiger partial charge < -0.3 is 10.2 Å². The van der Waals surface area contributed by atoms with Crippen LogP contribution in [0.25, 0.3) is 0 Å². The van der Waals surface area contributed by atoms with Crippen molar-refractivity contribution in [3.05, 3.63) is 33.9 Å². The van der Waals surface area contributed by atoms with Crippen LogP contribution in [-0.2, 0) is 0 Å². The van der Waals surface area contributed by atoms with Gasteiger partial charge in [0.25, 0.3) is 5.69 Å². The summed E-state index contributed by atoms with van der Waals surface area (Å²) in [7, 11) is 0. The van der Waals surface area contributed by atoms with Crippen molar-refractivity contribution in [2.45, 2.75) is 12.5 Å². The summed E-state index contributed by atoms with van der Waals surface area (Å²) in [6.07, 6.45) is 1.08. The number of piperazine rings is 1. The number of nitro groups is 1. The van der Waals surface area contributed by atoms with Crippen LogP contribution in [0.1, 0.15) is 12.0 Å². The molecule has 1 atom stereocenters. The average molecular weight is 301 g/mol. The topological polar surface area (TPSA) is 85.4 Å². The van der Waals surface area contributed by atoms with Gasteiger partial charge in [-0.3, -0.25) is 15.0 Å². The molecule has 2 saturated heterocycles. The standard InChI is InChI=1S/C15H19N5O2/c16-10-12-1-2-13(9-15(12)20(21)22)19-6-3-14(11-19)18-7-4-17-5-8-18/h1-2,9,14,17H,3-8,11H2. The smallest absolute Gasteiger partial charge is 0.289 e. The van der Waals surface area contributed by atoms with Gasteiger partial charge >= 0.3 is 0 Å². The molecule has 116 valence electrons. The minimum Gasteiger partial charge on any atom is -0.370 e. The molecule has 1 aromatic rings. The second kappa shape index (κ2) is 6.30. The quantitative estimate of drug-likeness (QED) is 0.661. The zero-order valence-corrected chi connectivity index (χ0v) is 12.4. The maximum atomic E-state index is 11.1. The maximum Gasteiger partial charge on any atom is 0.289 e. The summed E-state index contributed by atoms with van der Waals surface area (Å²) in [6, 6.07) is 7.28. The predicted molar refractivity (Wildman–Crippen MR) is 82.9 cm³/mol. The molecular weight excluding hydrogens is 282 g/mol. The van der Waals surface area contributed by atoms with Gasteiger partial charge in [0.15, 0.2) is 0 Å². The van der Waals surface area contributed by atoms with Crippen LogP contribution in [-0.4, -0.2) is 55.1 Å². The third-order valence-corrected chi connectivity index (χ3v) is 4.49. The SMILES string of the molecule is N#Cc1ccc(N2CCC(N3CCNCC3)C2)cc1[N+](=O)[O-]. The number of nitrogens with one attached hydrogen (secondary N) is 1. The molecule has 1 aromatic carbocycles. The molecule has 0 bridgehead atoms. The molecular formula is C15H19N5O2. The van der Waals surface area contributed by atoms with E-state index in [1.54, 1.807) is 6.07 Å². The Labute approximate surface area is 129 Å². The molecule has 2 aliphatic rings. The van der Waals surface area contributed by atoms with E-state index in [-0.39, 0.29) is 11.3 Å². The number of rotatable bonds is 3. The summed E-state index contributed by atoms with van der Waals surface area (Å²) in [6.45, 7) is 5.97. The summed E-state index contributed by atoms with van der Waals surface area (Å²) >= 11 is 0. The van der Waals surface area contributed by atoms with Gasteiger partial charge in [0.1, 0.15) is 11.6 Å². The highest BCUT2D eigenvalue weighted by Crippen LogP contribution is 2.28. The van der Waals surface area contributed by atoms with Gasteiger partial charge in [0, 0.05) is 57.1 Å². The van der Waals surface area contributed by atoms with Crippen LogP contribution in [0, 0.1) is 21.4 Å².